The summed E-state index contributed by atoms with van der Waals surface area (Å²) in [7, 11) is 4.73. The molecular weight excluding hydrogens is 296 g/mol. The van der Waals surface area contributed by atoms with E-state index in [0.29, 0.717) is 23.7 Å². The van der Waals surface area contributed by atoms with Gasteiger partial charge in [-0.2, -0.15) is 0 Å². The highest BCUT2D eigenvalue weighted by Crippen LogP contribution is 2.38. The molecule has 0 aliphatic rings. The quantitative estimate of drug-likeness (QED) is 0.823. The first-order valence-electron chi connectivity index (χ1n) is 7.08. The third-order valence-corrected chi connectivity index (χ3v) is 3.57. The van der Waals surface area contributed by atoms with E-state index >= 15 is 0 Å². The molecule has 6 nitrogen and oxygen atoms in total. The molecule has 2 aromatic rings. The van der Waals surface area contributed by atoms with Crippen LogP contribution >= 0.6 is 0 Å². The molecule has 0 unspecified atom stereocenters. The van der Waals surface area contributed by atoms with Gasteiger partial charge in [0.25, 0.3) is 0 Å². The number of methoxy groups -OCH3 is 3. The molecule has 6 heteroatoms. The molecule has 0 saturated heterocycles. The molecule has 0 fully saturated rings. The molecule has 2 rings (SSSR count). The maximum atomic E-state index is 9.71. The zero-order valence-corrected chi connectivity index (χ0v) is 13.4. The lowest BCUT2D eigenvalue weighted by atomic mass is 10.0. The summed E-state index contributed by atoms with van der Waals surface area (Å²) in [5.74, 6) is 1.73. The van der Waals surface area contributed by atoms with Crippen molar-refractivity contribution >= 4 is 5.69 Å². The van der Waals surface area contributed by atoms with E-state index < -0.39 is 0 Å². The molecule has 2 aromatic carbocycles. The van der Waals surface area contributed by atoms with Crippen molar-refractivity contribution in [3.8, 4) is 23.0 Å². The van der Waals surface area contributed by atoms with Gasteiger partial charge in [-0.1, -0.05) is 6.07 Å². The van der Waals surface area contributed by atoms with Crippen molar-refractivity contribution in [2.75, 3.05) is 21.3 Å². The van der Waals surface area contributed by atoms with Gasteiger partial charge in [0.1, 0.15) is 0 Å². The second kappa shape index (κ2) is 7.36. The summed E-state index contributed by atoms with van der Waals surface area (Å²) in [6.45, 7) is 0. The van der Waals surface area contributed by atoms with Crippen molar-refractivity contribution in [2.45, 2.75) is 12.8 Å². The van der Waals surface area contributed by atoms with Crippen LogP contribution in [0.5, 0.6) is 23.0 Å². The molecule has 120 valence electrons. The van der Waals surface area contributed by atoms with E-state index in [0.717, 1.165) is 17.5 Å². The molecule has 0 bridgehead atoms. The van der Waals surface area contributed by atoms with Crippen molar-refractivity contribution < 1.29 is 19.3 Å². The summed E-state index contributed by atoms with van der Waals surface area (Å²) < 4.78 is 16.0. The van der Waals surface area contributed by atoms with Crippen LogP contribution in [0.3, 0.4) is 0 Å². The van der Waals surface area contributed by atoms with Crippen molar-refractivity contribution in [3.63, 3.8) is 0 Å². The monoisotopic (exact) mass is 315 g/mol. The number of diazo groups is 1. The summed E-state index contributed by atoms with van der Waals surface area (Å²) in [4.78, 5) is 3.00. The van der Waals surface area contributed by atoms with Crippen molar-refractivity contribution in [3.05, 3.63) is 46.4 Å². The topological polar surface area (TPSA) is 76.1 Å². The maximum absolute atomic E-state index is 9.71. The summed E-state index contributed by atoms with van der Waals surface area (Å²) >= 11 is 0. The van der Waals surface area contributed by atoms with Crippen LogP contribution in [0, 0.1) is 5.39 Å². The molecule has 0 heterocycles. The smallest absolute Gasteiger partial charge is 0.426 e. The normalized spacial score (nSPS) is 10.0. The van der Waals surface area contributed by atoms with Gasteiger partial charge in [-0.05, 0) is 42.2 Å². The molecule has 0 spiro atoms. The molecule has 0 aromatic heterocycles. The predicted octanol–water partition coefficient (Wildman–Crippen LogP) is 3.69. The zero-order valence-electron chi connectivity index (χ0n) is 13.4. The summed E-state index contributed by atoms with van der Waals surface area (Å²) in [6, 6.07) is 8.77. The second-order valence-electron chi connectivity index (χ2n) is 4.96. The Balaban J connectivity index is 2.20. The molecular formula is C17H19N2O4+. The van der Waals surface area contributed by atoms with E-state index in [-0.39, 0.29) is 11.4 Å². The highest BCUT2D eigenvalue weighted by molar-refractivity contribution is 5.57. The minimum Gasteiger partial charge on any atom is -0.501 e. The van der Waals surface area contributed by atoms with Gasteiger partial charge in [0.15, 0.2) is 16.5 Å². The van der Waals surface area contributed by atoms with Gasteiger partial charge in [0, 0.05) is 6.07 Å². The molecule has 0 aliphatic heterocycles. The number of rotatable bonds is 6. The number of hydrogen-bond acceptors (Lipinski definition) is 5. The van der Waals surface area contributed by atoms with Crippen LogP contribution < -0.4 is 14.2 Å². The highest BCUT2D eigenvalue weighted by atomic mass is 16.5. The largest absolute Gasteiger partial charge is 0.501 e. The summed E-state index contributed by atoms with van der Waals surface area (Å²) in [5.41, 5.74) is 2.11. The Morgan fingerprint density at radius 3 is 2.00 bits per heavy atom. The van der Waals surface area contributed by atoms with Gasteiger partial charge in [0.2, 0.25) is 16.9 Å². The van der Waals surface area contributed by atoms with Crippen LogP contribution in [0.2, 0.25) is 0 Å². The highest BCUT2D eigenvalue weighted by Gasteiger charge is 2.15. The Bertz CT molecular complexity index is 713. The third kappa shape index (κ3) is 3.64. The lowest BCUT2D eigenvalue weighted by molar-refractivity contribution is 0.324. The molecule has 1 N–H and O–H groups in total. The van der Waals surface area contributed by atoms with Gasteiger partial charge < -0.3 is 19.3 Å². The molecule has 23 heavy (non-hydrogen) atoms. The first kappa shape index (κ1) is 16.4. The average Bonchev–Trinajstić information content (AvgIpc) is 2.58. The Morgan fingerprint density at radius 1 is 0.913 bits per heavy atom. The fourth-order valence-electron chi connectivity index (χ4n) is 2.38. The van der Waals surface area contributed by atoms with E-state index in [4.69, 9.17) is 19.6 Å². The van der Waals surface area contributed by atoms with Crippen molar-refractivity contribution in [1.82, 2.24) is 0 Å². The van der Waals surface area contributed by atoms with Crippen LogP contribution in [0.1, 0.15) is 11.1 Å². The molecule has 0 atom stereocenters. The van der Waals surface area contributed by atoms with Crippen LogP contribution in [0.15, 0.2) is 30.3 Å². The molecule has 0 aliphatic carbocycles. The number of nitrogens with zero attached hydrogens (tertiary/aromatic N) is 2. The number of benzene rings is 2. The third-order valence-electron chi connectivity index (χ3n) is 3.57. The van der Waals surface area contributed by atoms with E-state index in [1.807, 2.05) is 18.2 Å². The molecule has 0 radical (unpaired) electrons. The number of aryl methyl sites for hydroxylation is 2. The first-order valence-corrected chi connectivity index (χ1v) is 7.08. The number of phenols is 1. The van der Waals surface area contributed by atoms with Gasteiger partial charge in [-0.3, -0.25) is 0 Å². The molecule has 0 saturated carbocycles. The van der Waals surface area contributed by atoms with Gasteiger partial charge in [0.05, 0.1) is 21.3 Å². The van der Waals surface area contributed by atoms with Gasteiger partial charge in [-0.25, -0.2) is 0 Å². The van der Waals surface area contributed by atoms with Crippen LogP contribution in [-0.4, -0.2) is 26.4 Å². The number of ether oxygens (including phenoxy) is 3. The maximum Gasteiger partial charge on any atom is 0.426 e. The standard InChI is InChI=1S/C17H18N2O4/c1-21-15-9-12(10-16(22-2)17(15)23-3)5-4-11-6-7-13(19-18)14(20)8-11/h6-10H,4-5H2,1-3H3/p+1. The van der Waals surface area contributed by atoms with Crippen LogP contribution in [-0.2, 0) is 12.8 Å². The molecule has 0 amide bonds. The van der Waals surface area contributed by atoms with E-state index in [9.17, 15) is 5.11 Å². The van der Waals surface area contributed by atoms with Crippen LogP contribution in [0.4, 0.5) is 5.69 Å². The lowest BCUT2D eigenvalue weighted by Gasteiger charge is -2.14. The second-order valence-corrected chi connectivity index (χ2v) is 4.96. The van der Waals surface area contributed by atoms with Crippen molar-refractivity contribution in [1.29, 1.82) is 5.39 Å². The van der Waals surface area contributed by atoms with Crippen molar-refractivity contribution in [2.24, 2.45) is 0 Å². The Kier molecular flexibility index (Phi) is 5.26. The average molecular weight is 315 g/mol. The first-order chi connectivity index (χ1) is 11.1. The van der Waals surface area contributed by atoms with E-state index in [1.54, 1.807) is 33.5 Å². The fraction of sp³-hybridized carbons (Fsp3) is 0.294. The fourth-order valence-corrected chi connectivity index (χ4v) is 2.38. The predicted molar refractivity (Wildman–Crippen MR) is 86.4 cm³/mol. The Labute approximate surface area is 134 Å². The number of phenolic OH excluding ortho intramolecular Hbond substituents is 1. The van der Waals surface area contributed by atoms with E-state index in [1.165, 1.54) is 0 Å². The van der Waals surface area contributed by atoms with Gasteiger partial charge in [-0.15, -0.1) is 0 Å². The Hall–Kier alpha value is -2.94. The number of hydrogen-bond donors (Lipinski definition) is 1. The van der Waals surface area contributed by atoms with E-state index in [2.05, 4.69) is 4.98 Å². The number of aromatic hydroxyl groups is 1. The zero-order chi connectivity index (χ0) is 16.8. The Morgan fingerprint density at radius 2 is 1.52 bits per heavy atom. The minimum atomic E-state index is -0.0464. The minimum absolute atomic E-state index is 0.0464. The van der Waals surface area contributed by atoms with Gasteiger partial charge >= 0.3 is 5.69 Å². The summed E-state index contributed by atoms with van der Waals surface area (Å²) in [5, 5.41) is 18.4. The lowest BCUT2D eigenvalue weighted by Crippen LogP contribution is -1.98. The van der Waals surface area contributed by atoms with Crippen LogP contribution in [0.25, 0.3) is 4.98 Å². The summed E-state index contributed by atoms with van der Waals surface area (Å²) in [6.07, 6.45) is 1.43. The SMILES string of the molecule is COc1cc(CCc2ccc([N+]#N)c(O)c2)cc(OC)c1OC.